The Morgan fingerprint density at radius 3 is 2.65 bits per heavy atom. The number of anilines is 1. The van der Waals surface area contributed by atoms with Gasteiger partial charge in [-0.3, -0.25) is 4.79 Å². The van der Waals surface area contributed by atoms with Gasteiger partial charge in [-0.1, -0.05) is 18.2 Å². The normalized spacial score (nSPS) is 11.4. The first kappa shape index (κ1) is 21.9. The number of fused-ring (bicyclic) bond motifs is 2. The third-order valence-corrected chi connectivity index (χ3v) is 6.33. The highest BCUT2D eigenvalue weighted by molar-refractivity contribution is 6.05. The number of nitrogens with zero attached hydrogens (tertiary/aromatic N) is 1. The van der Waals surface area contributed by atoms with E-state index in [0.717, 1.165) is 36.1 Å². The monoisotopic (exact) mass is 454 g/mol. The van der Waals surface area contributed by atoms with Crippen molar-refractivity contribution >= 4 is 33.4 Å². The number of rotatable bonds is 7. The van der Waals surface area contributed by atoms with Gasteiger partial charge in [-0.05, 0) is 79.5 Å². The van der Waals surface area contributed by atoms with Crippen LogP contribution < -0.4 is 10.6 Å². The van der Waals surface area contributed by atoms with E-state index in [-0.39, 0.29) is 11.7 Å². The minimum atomic E-state index is -0.362. The van der Waals surface area contributed by atoms with E-state index in [2.05, 4.69) is 64.6 Å². The molecule has 6 heteroatoms. The highest BCUT2D eigenvalue weighted by atomic mass is 19.1. The van der Waals surface area contributed by atoms with Crippen LogP contribution in [0.25, 0.3) is 21.8 Å². The van der Waals surface area contributed by atoms with Gasteiger partial charge in [-0.15, -0.1) is 0 Å². The van der Waals surface area contributed by atoms with Crippen LogP contribution in [0, 0.1) is 12.7 Å². The number of aryl methyl sites for hydroxylation is 2. The van der Waals surface area contributed by atoms with Gasteiger partial charge in [-0.2, -0.15) is 0 Å². The van der Waals surface area contributed by atoms with Crippen LogP contribution in [0.1, 0.15) is 27.2 Å². The van der Waals surface area contributed by atoms with E-state index in [1.165, 1.54) is 46.3 Å². The molecule has 0 aliphatic heterocycles. The smallest absolute Gasteiger partial charge is 0.255 e. The maximum atomic E-state index is 13.2. The van der Waals surface area contributed by atoms with Crippen LogP contribution >= 0.6 is 0 Å². The number of para-hydroxylation sites is 1. The average molecular weight is 455 g/mol. The molecule has 2 aromatic heterocycles. The SMILES string of the molecule is Cc1[nH]c2ccc(NC(=O)c3ccc(F)cc3)cc2c1CCNCc1cn(C)c2ccccc12. The zero-order valence-corrected chi connectivity index (χ0v) is 19.3. The van der Waals surface area contributed by atoms with Gasteiger partial charge in [-0.25, -0.2) is 4.39 Å². The maximum Gasteiger partial charge on any atom is 0.255 e. The van der Waals surface area contributed by atoms with Crippen molar-refractivity contribution in [1.29, 1.82) is 0 Å². The van der Waals surface area contributed by atoms with Crippen molar-refractivity contribution in [1.82, 2.24) is 14.9 Å². The fraction of sp³-hybridized carbons (Fsp3) is 0.179. The molecule has 5 rings (SSSR count). The Kier molecular flexibility index (Phi) is 5.90. The van der Waals surface area contributed by atoms with Gasteiger partial charge in [0.25, 0.3) is 5.91 Å². The Hall–Kier alpha value is -3.90. The van der Waals surface area contributed by atoms with Crippen LogP contribution in [0.15, 0.2) is 72.9 Å². The molecule has 34 heavy (non-hydrogen) atoms. The largest absolute Gasteiger partial charge is 0.358 e. The third-order valence-electron chi connectivity index (χ3n) is 6.33. The summed E-state index contributed by atoms with van der Waals surface area (Å²) in [6, 6.07) is 19.8. The Morgan fingerprint density at radius 2 is 1.82 bits per heavy atom. The molecule has 0 spiro atoms. The lowest BCUT2D eigenvalue weighted by Gasteiger charge is -2.08. The summed E-state index contributed by atoms with van der Waals surface area (Å²) in [6.45, 7) is 3.72. The van der Waals surface area contributed by atoms with Crippen LogP contribution in [0.4, 0.5) is 10.1 Å². The molecule has 3 N–H and O–H groups in total. The maximum absolute atomic E-state index is 13.2. The molecule has 3 aromatic carbocycles. The summed E-state index contributed by atoms with van der Waals surface area (Å²) in [5.41, 5.74) is 7.07. The molecule has 0 aliphatic carbocycles. The van der Waals surface area contributed by atoms with Crippen molar-refractivity contribution in [3.05, 3.63) is 101 Å². The van der Waals surface area contributed by atoms with Crippen molar-refractivity contribution in [3.63, 3.8) is 0 Å². The second-order valence-corrected chi connectivity index (χ2v) is 8.66. The second kappa shape index (κ2) is 9.15. The second-order valence-electron chi connectivity index (χ2n) is 8.66. The highest BCUT2D eigenvalue weighted by Gasteiger charge is 2.12. The average Bonchev–Trinajstić information content (AvgIpc) is 3.33. The molecule has 2 heterocycles. The number of carbonyl (C=O) groups excluding carboxylic acids is 1. The predicted octanol–water partition coefficient (Wildman–Crippen LogP) is 5.69. The van der Waals surface area contributed by atoms with E-state index < -0.39 is 0 Å². The summed E-state index contributed by atoms with van der Waals surface area (Å²) in [7, 11) is 2.08. The minimum absolute atomic E-state index is 0.259. The van der Waals surface area contributed by atoms with Crippen LogP contribution in [-0.4, -0.2) is 22.0 Å². The quantitative estimate of drug-likeness (QED) is 0.277. The van der Waals surface area contributed by atoms with E-state index >= 15 is 0 Å². The van der Waals surface area contributed by atoms with Crippen LogP contribution in [0.3, 0.4) is 0 Å². The molecule has 5 nitrogen and oxygen atoms in total. The number of halogens is 1. The van der Waals surface area contributed by atoms with Crippen LogP contribution in [-0.2, 0) is 20.0 Å². The molecular weight excluding hydrogens is 427 g/mol. The number of aromatic amines is 1. The minimum Gasteiger partial charge on any atom is -0.358 e. The van der Waals surface area contributed by atoms with Crippen molar-refractivity contribution in [2.75, 3.05) is 11.9 Å². The Morgan fingerprint density at radius 1 is 1.03 bits per heavy atom. The fourth-order valence-electron chi connectivity index (χ4n) is 4.59. The summed E-state index contributed by atoms with van der Waals surface area (Å²) in [5, 5.41) is 8.88. The molecule has 0 aliphatic rings. The topological polar surface area (TPSA) is 61.9 Å². The summed E-state index contributed by atoms with van der Waals surface area (Å²) in [6.07, 6.45) is 3.05. The molecule has 172 valence electrons. The molecule has 5 aromatic rings. The lowest BCUT2D eigenvalue weighted by molar-refractivity contribution is 0.102. The number of H-pyrrole nitrogens is 1. The molecule has 0 saturated heterocycles. The van der Waals surface area contributed by atoms with Crippen molar-refractivity contribution < 1.29 is 9.18 Å². The van der Waals surface area contributed by atoms with E-state index in [1.54, 1.807) is 0 Å². The third kappa shape index (κ3) is 4.32. The van der Waals surface area contributed by atoms with Crippen molar-refractivity contribution in [3.8, 4) is 0 Å². The van der Waals surface area contributed by atoms with Gasteiger partial charge in [0.05, 0.1) is 0 Å². The molecule has 0 fully saturated rings. The fourth-order valence-corrected chi connectivity index (χ4v) is 4.59. The van der Waals surface area contributed by atoms with E-state index in [0.29, 0.717) is 11.3 Å². The predicted molar refractivity (Wildman–Crippen MR) is 136 cm³/mol. The van der Waals surface area contributed by atoms with Crippen LogP contribution in [0.2, 0.25) is 0 Å². The summed E-state index contributed by atoms with van der Waals surface area (Å²) >= 11 is 0. The van der Waals surface area contributed by atoms with Gasteiger partial charge in [0.15, 0.2) is 0 Å². The summed E-state index contributed by atoms with van der Waals surface area (Å²) in [5.74, 6) is -0.621. The van der Waals surface area contributed by atoms with E-state index in [4.69, 9.17) is 0 Å². The number of amides is 1. The molecule has 0 atom stereocenters. The number of hydrogen-bond donors (Lipinski definition) is 3. The van der Waals surface area contributed by atoms with Gasteiger partial charge in [0.1, 0.15) is 5.82 Å². The Labute approximate surface area is 197 Å². The van der Waals surface area contributed by atoms with Gasteiger partial charge in [0, 0.05) is 58.5 Å². The molecule has 0 unspecified atom stereocenters. The molecule has 0 saturated carbocycles. The zero-order chi connectivity index (χ0) is 23.7. The van der Waals surface area contributed by atoms with Gasteiger partial charge < -0.3 is 20.2 Å². The number of carbonyl (C=O) groups is 1. The molecular formula is C28H27FN4O. The van der Waals surface area contributed by atoms with Gasteiger partial charge in [0.2, 0.25) is 0 Å². The Bertz CT molecular complexity index is 1480. The number of aromatic nitrogens is 2. The Balaban J connectivity index is 1.27. The standard InChI is InChI=1S/C28H27FN4O/c1-18-23(13-14-30-16-20-17-33(2)27-6-4-3-5-24(20)27)25-15-22(11-12-26(25)31-18)32-28(34)19-7-9-21(29)10-8-19/h3-12,15,17,30-31H,13-14,16H2,1-2H3,(H,32,34). The lowest BCUT2D eigenvalue weighted by Crippen LogP contribution is -2.16. The molecule has 1 amide bonds. The molecule has 0 bridgehead atoms. The van der Waals surface area contributed by atoms with Gasteiger partial charge >= 0.3 is 0 Å². The first-order chi connectivity index (χ1) is 16.5. The summed E-state index contributed by atoms with van der Waals surface area (Å²) < 4.78 is 15.3. The van der Waals surface area contributed by atoms with Crippen molar-refractivity contribution in [2.24, 2.45) is 7.05 Å². The lowest BCUT2D eigenvalue weighted by atomic mass is 10.1. The van der Waals surface area contributed by atoms with Crippen LogP contribution in [0.5, 0.6) is 0 Å². The zero-order valence-electron chi connectivity index (χ0n) is 19.3. The van der Waals surface area contributed by atoms with Crippen molar-refractivity contribution in [2.45, 2.75) is 19.9 Å². The number of hydrogen-bond acceptors (Lipinski definition) is 2. The number of benzene rings is 3. The first-order valence-electron chi connectivity index (χ1n) is 11.4. The molecule has 0 radical (unpaired) electrons. The summed E-state index contributed by atoms with van der Waals surface area (Å²) in [4.78, 5) is 16.0. The first-order valence-corrected chi connectivity index (χ1v) is 11.4. The van der Waals surface area contributed by atoms with E-state index in [9.17, 15) is 9.18 Å². The number of nitrogens with one attached hydrogen (secondary N) is 3. The van der Waals surface area contributed by atoms with E-state index in [1.807, 2.05) is 18.2 Å². The highest BCUT2D eigenvalue weighted by Crippen LogP contribution is 2.26.